The van der Waals surface area contributed by atoms with Crippen molar-refractivity contribution in [3.63, 3.8) is 0 Å². The molecule has 0 radical (unpaired) electrons. The Balaban J connectivity index is 0.00000363. The van der Waals surface area contributed by atoms with E-state index in [2.05, 4.69) is 24.3 Å². The molecule has 0 saturated carbocycles. The Kier molecular flexibility index (Phi) is 10.4. The molecule has 0 saturated heterocycles. The number of anilines is 1. The lowest BCUT2D eigenvalue weighted by molar-refractivity contribution is 0.133. The number of fused-ring (bicyclic) bond motifs is 1. The van der Waals surface area contributed by atoms with Gasteiger partial charge in [-0.15, -0.1) is 22.4 Å². The number of halogens is 1. The quantitative estimate of drug-likeness (QED) is 0.393. The van der Waals surface area contributed by atoms with Crippen LogP contribution in [0, 0.1) is 0 Å². The smallest absolute Gasteiger partial charge is 0.272 e. The number of ether oxygens (including phenoxy) is 1. The van der Waals surface area contributed by atoms with Crippen molar-refractivity contribution in [2.45, 2.75) is 43.4 Å². The number of aromatic hydroxyl groups is 1. The predicted octanol–water partition coefficient (Wildman–Crippen LogP) is 5.50. The fourth-order valence-electron chi connectivity index (χ4n) is 4.08. The second-order valence-electron chi connectivity index (χ2n) is 8.47. The van der Waals surface area contributed by atoms with Gasteiger partial charge in [0, 0.05) is 24.6 Å². The van der Waals surface area contributed by atoms with Crippen LogP contribution in [0.2, 0.25) is 0 Å². The van der Waals surface area contributed by atoms with E-state index in [4.69, 9.17) is 10.5 Å². The average Bonchev–Trinajstić information content (AvgIpc) is 2.96. The molecule has 3 rings (SSSR count). The minimum Gasteiger partial charge on any atom is -0.505 e. The first-order valence-corrected chi connectivity index (χ1v) is 13.6. The van der Waals surface area contributed by atoms with E-state index >= 15 is 0 Å². The summed E-state index contributed by atoms with van der Waals surface area (Å²) in [7, 11) is -1.60. The zero-order valence-electron chi connectivity index (χ0n) is 19.2. The molecule has 1 aliphatic rings. The van der Waals surface area contributed by atoms with Gasteiger partial charge in [0.05, 0.1) is 12.3 Å². The van der Waals surface area contributed by atoms with Gasteiger partial charge >= 0.3 is 0 Å². The van der Waals surface area contributed by atoms with E-state index < -0.39 is 10.0 Å². The van der Waals surface area contributed by atoms with Gasteiger partial charge < -0.3 is 15.6 Å². The molecule has 0 unspecified atom stereocenters. The van der Waals surface area contributed by atoms with Gasteiger partial charge in [-0.2, -0.15) is 0 Å². The highest BCUT2D eigenvalue weighted by Crippen LogP contribution is 2.63. The Morgan fingerprint density at radius 1 is 0.969 bits per heavy atom. The summed E-state index contributed by atoms with van der Waals surface area (Å²) >= 11 is 0. The molecular weight excluding hydrogens is 444 g/mol. The first-order chi connectivity index (χ1) is 15.0. The molecule has 0 atom stereocenters. The van der Waals surface area contributed by atoms with Gasteiger partial charge in [-0.05, 0) is 55.4 Å². The SMILES string of the molecule is CS1(C)C(=O)N(CCN)c2c1ccc(CCCCCCOCCc1ccccc1)c2O.Cl. The highest BCUT2D eigenvalue weighted by molar-refractivity contribution is 8.44. The van der Waals surface area contributed by atoms with Crippen molar-refractivity contribution in [2.75, 3.05) is 43.7 Å². The number of hydrogen-bond acceptors (Lipinski definition) is 4. The van der Waals surface area contributed by atoms with Gasteiger partial charge in [0.2, 0.25) is 0 Å². The van der Waals surface area contributed by atoms with Gasteiger partial charge in [-0.25, -0.2) is 0 Å². The monoisotopic (exact) mass is 480 g/mol. The van der Waals surface area contributed by atoms with Crippen LogP contribution in [0.25, 0.3) is 0 Å². The number of unbranched alkanes of at least 4 members (excludes halogenated alkanes) is 3. The molecule has 1 heterocycles. The summed E-state index contributed by atoms with van der Waals surface area (Å²) in [5.74, 6) is 0.265. The number of nitrogens with two attached hydrogens (primary N) is 1. The number of benzene rings is 2. The van der Waals surface area contributed by atoms with Crippen molar-refractivity contribution < 1.29 is 14.6 Å². The van der Waals surface area contributed by atoms with Crippen LogP contribution in [0.3, 0.4) is 0 Å². The molecule has 0 aliphatic carbocycles. The Bertz CT molecular complexity index is 877. The highest BCUT2D eigenvalue weighted by atomic mass is 35.5. The average molecular weight is 481 g/mol. The molecule has 1 aliphatic heterocycles. The van der Waals surface area contributed by atoms with Gasteiger partial charge in [-0.1, -0.05) is 49.2 Å². The van der Waals surface area contributed by atoms with Crippen molar-refractivity contribution >= 4 is 33.4 Å². The minimum atomic E-state index is -1.60. The lowest BCUT2D eigenvalue weighted by Crippen LogP contribution is -2.32. The fraction of sp³-hybridized carbons (Fsp3) is 0.480. The third-order valence-electron chi connectivity index (χ3n) is 5.89. The third kappa shape index (κ3) is 6.19. The van der Waals surface area contributed by atoms with Crippen molar-refractivity contribution in [1.82, 2.24) is 0 Å². The second-order valence-corrected chi connectivity index (χ2v) is 11.9. The minimum absolute atomic E-state index is 0. The van der Waals surface area contributed by atoms with Crippen molar-refractivity contribution in [3.05, 3.63) is 53.6 Å². The second kappa shape index (κ2) is 12.5. The molecule has 2 aromatic rings. The molecule has 1 amide bonds. The molecule has 32 heavy (non-hydrogen) atoms. The Labute approximate surface area is 200 Å². The van der Waals surface area contributed by atoms with E-state index in [1.165, 1.54) is 5.56 Å². The normalized spacial score (nSPS) is 15.3. The van der Waals surface area contributed by atoms with E-state index in [-0.39, 0.29) is 23.4 Å². The van der Waals surface area contributed by atoms with Crippen LogP contribution >= 0.6 is 22.4 Å². The molecule has 7 heteroatoms. The maximum Gasteiger partial charge on any atom is 0.272 e. The van der Waals surface area contributed by atoms with E-state index in [9.17, 15) is 9.90 Å². The van der Waals surface area contributed by atoms with Gasteiger partial charge in [0.1, 0.15) is 5.75 Å². The maximum atomic E-state index is 12.8. The van der Waals surface area contributed by atoms with E-state index in [0.29, 0.717) is 18.8 Å². The number of phenolic OH excluding ortho intramolecular Hbond substituents is 1. The van der Waals surface area contributed by atoms with Crippen LogP contribution in [0.4, 0.5) is 10.5 Å². The van der Waals surface area contributed by atoms with E-state index in [1.807, 2.05) is 30.7 Å². The van der Waals surface area contributed by atoms with Crippen LogP contribution < -0.4 is 10.6 Å². The molecule has 3 N–H and O–H groups in total. The van der Waals surface area contributed by atoms with Crippen LogP contribution in [0.1, 0.15) is 36.8 Å². The van der Waals surface area contributed by atoms with Crippen molar-refractivity contribution in [2.24, 2.45) is 5.73 Å². The van der Waals surface area contributed by atoms with Crippen molar-refractivity contribution in [3.8, 4) is 5.75 Å². The largest absolute Gasteiger partial charge is 0.505 e. The summed E-state index contributed by atoms with van der Waals surface area (Å²) in [5.41, 5.74) is 8.64. The predicted molar refractivity (Wildman–Crippen MR) is 138 cm³/mol. The molecule has 178 valence electrons. The first kappa shape index (κ1) is 26.5. The number of amides is 1. The Morgan fingerprint density at radius 3 is 2.41 bits per heavy atom. The Hall–Kier alpha value is -1.73. The first-order valence-electron chi connectivity index (χ1n) is 11.2. The number of carbonyl (C=O) groups excluding carboxylic acids is 1. The van der Waals surface area contributed by atoms with Crippen LogP contribution in [0.5, 0.6) is 5.75 Å². The number of aryl methyl sites for hydroxylation is 1. The van der Waals surface area contributed by atoms with Gasteiger partial charge in [-0.3, -0.25) is 9.69 Å². The third-order valence-corrected chi connectivity index (χ3v) is 8.41. The summed E-state index contributed by atoms with van der Waals surface area (Å²) in [4.78, 5) is 15.5. The van der Waals surface area contributed by atoms with E-state index in [1.54, 1.807) is 4.90 Å². The highest BCUT2D eigenvalue weighted by Gasteiger charge is 2.42. The molecular formula is C25H37ClN2O3S. The van der Waals surface area contributed by atoms with Crippen LogP contribution in [0.15, 0.2) is 47.4 Å². The molecule has 2 aromatic carbocycles. The number of nitrogens with zero attached hydrogens (tertiary/aromatic N) is 1. The molecule has 5 nitrogen and oxygen atoms in total. The zero-order chi connectivity index (χ0) is 22.3. The van der Waals surface area contributed by atoms with Gasteiger partial charge in [0.25, 0.3) is 5.24 Å². The topological polar surface area (TPSA) is 75.8 Å². The molecule has 0 fully saturated rings. The number of rotatable bonds is 12. The molecule has 0 aromatic heterocycles. The summed E-state index contributed by atoms with van der Waals surface area (Å²) < 4.78 is 5.75. The Morgan fingerprint density at radius 2 is 1.69 bits per heavy atom. The number of phenols is 1. The summed E-state index contributed by atoms with van der Waals surface area (Å²) in [6.07, 6.45) is 10.0. The maximum absolute atomic E-state index is 12.8. The summed E-state index contributed by atoms with van der Waals surface area (Å²) in [6, 6.07) is 14.4. The summed E-state index contributed by atoms with van der Waals surface area (Å²) in [5, 5.41) is 11.0. The zero-order valence-corrected chi connectivity index (χ0v) is 20.9. The number of hydrogen-bond donors (Lipinski definition) is 2. The molecule has 0 spiro atoms. The van der Waals surface area contributed by atoms with Gasteiger partial charge in [0.15, 0.2) is 0 Å². The fourth-order valence-corrected chi connectivity index (χ4v) is 6.10. The van der Waals surface area contributed by atoms with Crippen LogP contribution in [-0.2, 0) is 17.6 Å². The van der Waals surface area contributed by atoms with Crippen LogP contribution in [-0.4, -0.2) is 49.2 Å². The molecule has 0 bridgehead atoms. The lowest BCUT2D eigenvalue weighted by Gasteiger charge is -2.23. The van der Waals surface area contributed by atoms with Crippen molar-refractivity contribution in [1.29, 1.82) is 0 Å². The number of carbonyl (C=O) groups is 1. The lowest BCUT2D eigenvalue weighted by atomic mass is 10.0. The van der Waals surface area contributed by atoms with E-state index in [0.717, 1.165) is 62.2 Å². The summed E-state index contributed by atoms with van der Waals surface area (Å²) in [6.45, 7) is 2.40. The standard InChI is InChI=1S/C25H36N2O3S.ClH/c1-31(2)22-14-13-21(24(28)23(22)27(17-16-26)25(31)29)12-8-3-4-9-18-30-19-15-20-10-6-5-7-11-20;/h5-7,10-11,13-14,28H,3-4,8-9,12,15-19,26H2,1-2H3;1H.